The zero-order valence-electron chi connectivity index (χ0n) is 5.76. The minimum Gasteiger partial charge on any atom is -0.370 e. The third-order valence-electron chi connectivity index (χ3n) is 1.14. The van der Waals surface area contributed by atoms with Crippen LogP contribution in [-0.4, -0.2) is 5.96 Å². The molecule has 0 bridgehead atoms. The Hall–Kier alpha value is -1.58. The molecule has 11 heavy (non-hydrogen) atoms. The number of nitrogens with one attached hydrogen (secondary N) is 2. The summed E-state index contributed by atoms with van der Waals surface area (Å²) in [5.74, 6) is -0.683. The van der Waals surface area contributed by atoms with Crippen LogP contribution in [0, 0.1) is 11.2 Å². The van der Waals surface area contributed by atoms with E-state index < -0.39 is 5.82 Å². The molecule has 0 aliphatic carbocycles. The first kappa shape index (κ1) is 7.53. The summed E-state index contributed by atoms with van der Waals surface area (Å²) in [6.07, 6.45) is 0. The molecule has 0 atom stereocenters. The van der Waals surface area contributed by atoms with E-state index in [0.29, 0.717) is 0 Å². The maximum absolute atomic E-state index is 12.7. The summed E-state index contributed by atoms with van der Waals surface area (Å²) in [5.41, 5.74) is 5.22. The quantitative estimate of drug-likeness (QED) is 0.418. The molecule has 3 nitrogen and oxygen atoms in total. The zero-order chi connectivity index (χ0) is 8.27. The lowest BCUT2D eigenvalue weighted by atomic mass is 10.3. The van der Waals surface area contributed by atoms with E-state index in [1.807, 2.05) is 0 Å². The Labute approximate surface area is 63.5 Å². The van der Waals surface area contributed by atoms with Crippen LogP contribution in [0.4, 0.5) is 10.1 Å². The van der Waals surface area contributed by atoms with E-state index in [2.05, 4.69) is 5.32 Å². The maximum atomic E-state index is 12.7. The van der Waals surface area contributed by atoms with Crippen molar-refractivity contribution in [3.63, 3.8) is 0 Å². The van der Waals surface area contributed by atoms with E-state index in [0.717, 1.165) is 0 Å². The number of guanidine groups is 1. The van der Waals surface area contributed by atoms with Gasteiger partial charge in [-0.3, -0.25) is 5.41 Å². The number of hydrogen-bond donors (Lipinski definition) is 3. The topological polar surface area (TPSA) is 61.9 Å². The number of rotatable bonds is 1. The van der Waals surface area contributed by atoms with Gasteiger partial charge in [0, 0.05) is 0 Å². The predicted molar refractivity (Wildman–Crippen MR) is 41.9 cm³/mol. The lowest BCUT2D eigenvalue weighted by Gasteiger charge is -2.02. The lowest BCUT2D eigenvalue weighted by Crippen LogP contribution is -2.20. The second-order valence-corrected chi connectivity index (χ2v) is 2.02. The number of halogens is 1. The highest BCUT2D eigenvalue weighted by molar-refractivity contribution is 5.89. The molecule has 0 saturated carbocycles. The highest BCUT2D eigenvalue weighted by Crippen LogP contribution is 2.10. The van der Waals surface area contributed by atoms with Gasteiger partial charge >= 0.3 is 0 Å². The molecule has 0 fully saturated rings. The monoisotopic (exact) mass is 153 g/mol. The number of para-hydroxylation sites is 1. The highest BCUT2D eigenvalue weighted by Gasteiger charge is 1.98. The van der Waals surface area contributed by atoms with Crippen LogP contribution in [0.3, 0.4) is 0 Å². The van der Waals surface area contributed by atoms with Crippen LogP contribution in [0.5, 0.6) is 0 Å². The molecule has 0 aliphatic rings. The van der Waals surface area contributed by atoms with Crippen molar-refractivity contribution in [3.05, 3.63) is 30.1 Å². The van der Waals surface area contributed by atoms with E-state index in [1.165, 1.54) is 12.1 Å². The second-order valence-electron chi connectivity index (χ2n) is 2.02. The third kappa shape index (κ3) is 1.93. The predicted octanol–water partition coefficient (Wildman–Crippen LogP) is 1.13. The van der Waals surface area contributed by atoms with Gasteiger partial charge in [-0.2, -0.15) is 0 Å². The van der Waals surface area contributed by atoms with Crippen molar-refractivity contribution in [2.45, 2.75) is 0 Å². The van der Waals surface area contributed by atoms with Crippen LogP contribution in [0.15, 0.2) is 24.3 Å². The lowest BCUT2D eigenvalue weighted by molar-refractivity contribution is 0.632. The Bertz CT molecular complexity index is 272. The number of nitrogens with two attached hydrogens (primary N) is 1. The minimum absolute atomic E-state index is 0.222. The van der Waals surface area contributed by atoms with Gasteiger partial charge in [0.25, 0.3) is 0 Å². The SMILES string of the molecule is N=C(N)Nc1ccccc1F. The molecular formula is C7H8FN3. The van der Waals surface area contributed by atoms with E-state index in [4.69, 9.17) is 11.1 Å². The average molecular weight is 153 g/mol. The summed E-state index contributed by atoms with van der Waals surface area (Å²) < 4.78 is 12.7. The van der Waals surface area contributed by atoms with E-state index in [-0.39, 0.29) is 11.6 Å². The van der Waals surface area contributed by atoms with Crippen molar-refractivity contribution in [3.8, 4) is 0 Å². The van der Waals surface area contributed by atoms with Crippen LogP contribution in [0.25, 0.3) is 0 Å². The first-order chi connectivity index (χ1) is 5.20. The van der Waals surface area contributed by atoms with E-state index in [9.17, 15) is 4.39 Å². The van der Waals surface area contributed by atoms with E-state index >= 15 is 0 Å². The van der Waals surface area contributed by atoms with Crippen LogP contribution >= 0.6 is 0 Å². The normalized spacial score (nSPS) is 9.18. The first-order valence-corrected chi connectivity index (χ1v) is 3.06. The van der Waals surface area contributed by atoms with Gasteiger partial charge in [0.05, 0.1) is 5.69 Å². The molecule has 1 rings (SSSR count). The summed E-state index contributed by atoms with van der Waals surface area (Å²) in [7, 11) is 0. The fourth-order valence-corrected chi connectivity index (χ4v) is 0.708. The molecule has 0 unspecified atom stereocenters. The molecule has 4 heteroatoms. The van der Waals surface area contributed by atoms with Crippen molar-refractivity contribution in [2.24, 2.45) is 5.73 Å². The van der Waals surface area contributed by atoms with Crippen molar-refractivity contribution in [1.82, 2.24) is 0 Å². The van der Waals surface area contributed by atoms with Gasteiger partial charge in [-0.15, -0.1) is 0 Å². The fraction of sp³-hybridized carbons (Fsp3) is 0. The Morgan fingerprint density at radius 3 is 2.64 bits per heavy atom. The van der Waals surface area contributed by atoms with Gasteiger partial charge in [-0.25, -0.2) is 4.39 Å². The molecule has 0 saturated heterocycles. The Balaban J connectivity index is 2.86. The first-order valence-electron chi connectivity index (χ1n) is 3.06. The van der Waals surface area contributed by atoms with Crippen molar-refractivity contribution in [2.75, 3.05) is 5.32 Å². The van der Waals surface area contributed by atoms with Gasteiger partial charge < -0.3 is 11.1 Å². The van der Waals surface area contributed by atoms with E-state index in [1.54, 1.807) is 12.1 Å². The number of benzene rings is 1. The molecule has 0 aliphatic heterocycles. The summed E-state index contributed by atoms with van der Waals surface area (Å²) in [6.45, 7) is 0. The highest BCUT2D eigenvalue weighted by atomic mass is 19.1. The van der Waals surface area contributed by atoms with Crippen molar-refractivity contribution < 1.29 is 4.39 Å². The molecule has 0 amide bonds. The fourth-order valence-electron chi connectivity index (χ4n) is 0.708. The molecule has 0 spiro atoms. The van der Waals surface area contributed by atoms with Gasteiger partial charge in [-0.1, -0.05) is 12.1 Å². The summed E-state index contributed by atoms with van der Waals surface area (Å²) in [4.78, 5) is 0. The molecule has 4 N–H and O–H groups in total. The molecule has 0 radical (unpaired) electrons. The Morgan fingerprint density at radius 2 is 2.09 bits per heavy atom. The second kappa shape index (κ2) is 3.01. The van der Waals surface area contributed by atoms with Crippen molar-refractivity contribution in [1.29, 1.82) is 5.41 Å². The smallest absolute Gasteiger partial charge is 0.190 e. The largest absolute Gasteiger partial charge is 0.370 e. The molecule has 0 aromatic heterocycles. The average Bonchev–Trinajstić information content (AvgIpc) is 1.93. The van der Waals surface area contributed by atoms with Crippen LogP contribution < -0.4 is 11.1 Å². The summed E-state index contributed by atoms with van der Waals surface area (Å²) in [5, 5.41) is 9.19. The van der Waals surface area contributed by atoms with Crippen LogP contribution in [0.1, 0.15) is 0 Å². The molecule has 0 heterocycles. The Morgan fingerprint density at radius 1 is 1.45 bits per heavy atom. The minimum atomic E-state index is -0.414. The maximum Gasteiger partial charge on any atom is 0.190 e. The van der Waals surface area contributed by atoms with Gasteiger partial charge in [0.1, 0.15) is 5.82 Å². The van der Waals surface area contributed by atoms with Crippen LogP contribution in [0.2, 0.25) is 0 Å². The Kier molecular flexibility index (Phi) is 2.06. The third-order valence-corrected chi connectivity index (χ3v) is 1.14. The van der Waals surface area contributed by atoms with Crippen LogP contribution in [-0.2, 0) is 0 Å². The molecule has 1 aromatic carbocycles. The number of anilines is 1. The van der Waals surface area contributed by atoms with Gasteiger partial charge in [0.2, 0.25) is 0 Å². The summed E-state index contributed by atoms with van der Waals surface area (Å²) in [6, 6.07) is 6.04. The zero-order valence-corrected chi connectivity index (χ0v) is 5.76. The standard InChI is InChI=1S/C7H8FN3/c8-5-3-1-2-4-6(5)11-7(9)10/h1-4H,(H4,9,10,11). The molecule has 1 aromatic rings. The number of hydrogen-bond acceptors (Lipinski definition) is 1. The van der Waals surface area contributed by atoms with Crippen molar-refractivity contribution >= 4 is 11.6 Å². The molecule has 58 valence electrons. The summed E-state index contributed by atoms with van der Waals surface area (Å²) >= 11 is 0. The van der Waals surface area contributed by atoms with Gasteiger partial charge in [0.15, 0.2) is 5.96 Å². The van der Waals surface area contributed by atoms with Gasteiger partial charge in [-0.05, 0) is 12.1 Å². The molecular weight excluding hydrogens is 145 g/mol.